The molecule has 0 fully saturated rings. The normalized spacial score (nSPS) is 16.7. The van der Waals surface area contributed by atoms with Gasteiger partial charge >= 0.3 is 0 Å². The molecule has 1 amide bonds. The van der Waals surface area contributed by atoms with Crippen molar-refractivity contribution in [2.45, 2.75) is 24.4 Å². The molecule has 0 spiro atoms. The van der Waals surface area contributed by atoms with Gasteiger partial charge in [0, 0.05) is 23.9 Å². The lowest BCUT2D eigenvalue weighted by molar-refractivity contribution is -0.116. The molecule has 3 rings (SSSR count). The van der Waals surface area contributed by atoms with Crippen LogP contribution in [0.4, 0.5) is 10.2 Å². The highest BCUT2D eigenvalue weighted by molar-refractivity contribution is 9.10. The lowest BCUT2D eigenvalue weighted by Gasteiger charge is -2.27. The third-order valence-electron chi connectivity index (χ3n) is 3.91. The highest BCUT2D eigenvalue weighted by Crippen LogP contribution is 2.37. The molecule has 0 saturated carbocycles. The van der Waals surface area contributed by atoms with Gasteiger partial charge in [-0.2, -0.15) is 4.98 Å². The smallest absolute Gasteiger partial charge is 0.279 e. The predicted octanol–water partition coefficient (Wildman–Crippen LogP) is 3.27. The van der Waals surface area contributed by atoms with Crippen molar-refractivity contribution >= 4 is 39.4 Å². The van der Waals surface area contributed by atoms with Gasteiger partial charge in [-0.15, -0.1) is 0 Å². The van der Waals surface area contributed by atoms with Crippen LogP contribution in [0.2, 0.25) is 0 Å². The summed E-state index contributed by atoms with van der Waals surface area (Å²) in [5, 5.41) is 3.26. The second-order valence-corrected chi connectivity index (χ2v) is 7.57. The Labute approximate surface area is 150 Å². The molecule has 1 unspecified atom stereocenters. The molecule has 24 heavy (non-hydrogen) atoms. The van der Waals surface area contributed by atoms with E-state index in [1.54, 1.807) is 23.7 Å². The second-order valence-electron chi connectivity index (χ2n) is 5.42. The fourth-order valence-corrected chi connectivity index (χ4v) is 3.91. The van der Waals surface area contributed by atoms with Crippen LogP contribution in [0, 0.1) is 5.82 Å². The lowest BCUT2D eigenvalue weighted by Crippen LogP contribution is -2.33. The van der Waals surface area contributed by atoms with E-state index in [-0.39, 0.29) is 12.3 Å². The number of hydrogen-bond donors (Lipinski definition) is 1. The van der Waals surface area contributed by atoms with E-state index in [2.05, 4.69) is 26.2 Å². The van der Waals surface area contributed by atoms with Gasteiger partial charge in [0.25, 0.3) is 5.56 Å². The molecule has 8 heteroatoms. The molecule has 2 heterocycles. The number of anilines is 1. The number of thioether (sulfide) groups is 1. The Kier molecular flexibility index (Phi) is 4.78. The van der Waals surface area contributed by atoms with Gasteiger partial charge < -0.3 is 9.88 Å². The minimum absolute atomic E-state index is 0.0115. The molecule has 2 aromatic rings. The Morgan fingerprint density at radius 1 is 1.46 bits per heavy atom. The van der Waals surface area contributed by atoms with Crippen LogP contribution < -0.4 is 10.9 Å². The van der Waals surface area contributed by atoms with Gasteiger partial charge in [-0.05, 0) is 29.5 Å². The zero-order valence-electron chi connectivity index (χ0n) is 13.1. The van der Waals surface area contributed by atoms with Gasteiger partial charge in [0.2, 0.25) is 5.91 Å². The number of fused-ring (bicyclic) bond motifs is 1. The predicted molar refractivity (Wildman–Crippen MR) is 95.1 cm³/mol. The van der Waals surface area contributed by atoms with Crippen LogP contribution in [0.1, 0.15) is 30.4 Å². The first kappa shape index (κ1) is 17.2. The monoisotopic (exact) mass is 411 g/mol. The molecule has 1 aromatic heterocycles. The molecule has 5 nitrogen and oxygen atoms in total. The van der Waals surface area contributed by atoms with Crippen molar-refractivity contribution in [1.29, 1.82) is 0 Å². The van der Waals surface area contributed by atoms with E-state index in [0.29, 0.717) is 26.6 Å². The molecule has 1 aromatic carbocycles. The Balaban J connectivity index is 2.24. The van der Waals surface area contributed by atoms with E-state index in [4.69, 9.17) is 0 Å². The maximum atomic E-state index is 14.3. The quantitative estimate of drug-likeness (QED) is 0.621. The van der Waals surface area contributed by atoms with Crippen molar-refractivity contribution in [1.82, 2.24) is 9.55 Å². The molecular formula is C16H15BrFN3O2S. The van der Waals surface area contributed by atoms with Crippen LogP contribution in [-0.2, 0) is 11.8 Å². The first-order valence-electron chi connectivity index (χ1n) is 7.40. The minimum atomic E-state index is -0.655. The summed E-state index contributed by atoms with van der Waals surface area (Å²) in [7, 11) is 1.74. The van der Waals surface area contributed by atoms with Crippen LogP contribution in [-0.4, -0.2) is 21.2 Å². The molecule has 0 aliphatic carbocycles. The van der Waals surface area contributed by atoms with E-state index in [9.17, 15) is 14.0 Å². The molecule has 0 bridgehead atoms. The molecular weight excluding hydrogens is 397 g/mol. The summed E-state index contributed by atoms with van der Waals surface area (Å²) in [5.41, 5.74) is 0.216. The van der Waals surface area contributed by atoms with E-state index >= 15 is 0 Å². The van der Waals surface area contributed by atoms with Crippen molar-refractivity contribution < 1.29 is 9.18 Å². The number of carbonyl (C=O) groups is 1. The number of halogens is 2. The largest absolute Gasteiger partial charge is 0.312 e. The Bertz CT molecular complexity index is 884. The average Bonchev–Trinajstić information content (AvgIpc) is 2.54. The van der Waals surface area contributed by atoms with Crippen molar-refractivity contribution in [2.24, 2.45) is 7.05 Å². The van der Waals surface area contributed by atoms with Gasteiger partial charge in [-0.3, -0.25) is 9.59 Å². The number of carbonyl (C=O) groups excluding carboxylic acids is 1. The van der Waals surface area contributed by atoms with E-state index in [1.807, 2.05) is 6.92 Å². The second kappa shape index (κ2) is 6.68. The standard InChI is InChI=1S/C16H15BrFN3O2S/c1-3-24-16-20-15(23)13-10(7-12(22)19-14(13)21(16)2)9-6-8(17)4-5-11(9)18/h4-6,10H,3,7H2,1-2H3,(H,19,22). The summed E-state index contributed by atoms with van der Waals surface area (Å²) in [5.74, 6) is -0.209. The van der Waals surface area contributed by atoms with Crippen LogP contribution >= 0.6 is 27.7 Å². The highest BCUT2D eigenvalue weighted by atomic mass is 79.9. The summed E-state index contributed by atoms with van der Waals surface area (Å²) >= 11 is 4.73. The maximum Gasteiger partial charge on any atom is 0.279 e. The molecule has 1 atom stereocenters. The summed E-state index contributed by atoms with van der Waals surface area (Å²) in [6.07, 6.45) is 0.0115. The Morgan fingerprint density at radius 3 is 2.92 bits per heavy atom. The van der Waals surface area contributed by atoms with Gasteiger partial charge in [-0.25, -0.2) is 4.39 Å². The van der Waals surface area contributed by atoms with Crippen LogP contribution in [0.15, 0.2) is 32.6 Å². The fraction of sp³-hybridized carbons (Fsp3) is 0.312. The van der Waals surface area contributed by atoms with Crippen LogP contribution in [0.3, 0.4) is 0 Å². The minimum Gasteiger partial charge on any atom is -0.312 e. The SMILES string of the molecule is CCSc1nc(=O)c2c(n1C)NC(=O)CC2c1cc(Br)ccc1F. The lowest BCUT2D eigenvalue weighted by atomic mass is 9.86. The first-order chi connectivity index (χ1) is 11.4. The zero-order chi connectivity index (χ0) is 17.4. The number of benzene rings is 1. The summed E-state index contributed by atoms with van der Waals surface area (Å²) in [6.45, 7) is 1.95. The van der Waals surface area contributed by atoms with Gasteiger partial charge in [0.05, 0.1) is 5.56 Å². The number of nitrogens with one attached hydrogen (secondary N) is 1. The van der Waals surface area contributed by atoms with Crippen molar-refractivity contribution in [3.63, 3.8) is 0 Å². The summed E-state index contributed by atoms with van der Waals surface area (Å²) < 4.78 is 16.7. The molecule has 1 aliphatic rings. The molecule has 0 saturated heterocycles. The van der Waals surface area contributed by atoms with Crippen molar-refractivity contribution in [2.75, 3.05) is 11.1 Å². The fourth-order valence-electron chi connectivity index (χ4n) is 2.84. The van der Waals surface area contributed by atoms with E-state index < -0.39 is 17.3 Å². The number of aromatic nitrogens is 2. The molecule has 126 valence electrons. The number of hydrogen-bond acceptors (Lipinski definition) is 4. The van der Waals surface area contributed by atoms with Gasteiger partial charge in [0.15, 0.2) is 5.16 Å². The van der Waals surface area contributed by atoms with Gasteiger partial charge in [0.1, 0.15) is 11.6 Å². The van der Waals surface area contributed by atoms with E-state index in [1.165, 1.54) is 17.8 Å². The zero-order valence-corrected chi connectivity index (χ0v) is 15.5. The summed E-state index contributed by atoms with van der Waals surface area (Å²) in [4.78, 5) is 28.8. The van der Waals surface area contributed by atoms with Crippen molar-refractivity contribution in [3.05, 3.63) is 50.0 Å². The number of amides is 1. The highest BCUT2D eigenvalue weighted by Gasteiger charge is 2.33. The summed E-state index contributed by atoms with van der Waals surface area (Å²) in [6, 6.07) is 4.52. The maximum absolute atomic E-state index is 14.3. The molecule has 0 radical (unpaired) electrons. The Morgan fingerprint density at radius 2 is 2.21 bits per heavy atom. The van der Waals surface area contributed by atoms with Crippen LogP contribution in [0.25, 0.3) is 0 Å². The van der Waals surface area contributed by atoms with E-state index in [0.717, 1.165) is 5.75 Å². The topological polar surface area (TPSA) is 64.0 Å². The number of rotatable bonds is 3. The van der Waals surface area contributed by atoms with Crippen molar-refractivity contribution in [3.8, 4) is 0 Å². The number of nitrogens with zero attached hydrogens (tertiary/aromatic N) is 2. The third kappa shape index (κ3) is 3.00. The van der Waals surface area contributed by atoms with Gasteiger partial charge in [-0.1, -0.05) is 34.6 Å². The first-order valence-corrected chi connectivity index (χ1v) is 9.18. The third-order valence-corrected chi connectivity index (χ3v) is 5.31. The molecule has 1 N–H and O–H groups in total. The molecule has 1 aliphatic heterocycles. The average molecular weight is 412 g/mol. The Hall–Kier alpha value is -1.67. The van der Waals surface area contributed by atoms with Crippen LogP contribution in [0.5, 0.6) is 0 Å².